The Hall–Kier alpha value is -3.93. The van der Waals surface area contributed by atoms with Crippen molar-refractivity contribution < 1.29 is 26.9 Å². The van der Waals surface area contributed by atoms with Crippen molar-refractivity contribution in [2.75, 3.05) is 40.8 Å². The number of anilines is 3. The summed E-state index contributed by atoms with van der Waals surface area (Å²) >= 11 is 0. The third-order valence-electron chi connectivity index (χ3n) is 6.51. The Labute approximate surface area is 219 Å². The van der Waals surface area contributed by atoms with Gasteiger partial charge in [0.1, 0.15) is 11.9 Å². The molecular weight excluding hydrogens is 511 g/mol. The summed E-state index contributed by atoms with van der Waals surface area (Å²) < 4.78 is 55.1. The van der Waals surface area contributed by atoms with E-state index in [4.69, 9.17) is 4.74 Å². The van der Waals surface area contributed by atoms with Crippen LogP contribution >= 0.6 is 0 Å². The molecule has 3 aromatic carbocycles. The number of carbonyl (C=O) groups is 1. The Balaban J connectivity index is 1.47. The summed E-state index contributed by atoms with van der Waals surface area (Å²) in [7, 11) is -4.92. The number of hydrogen-bond acceptors (Lipinski definition) is 5. The van der Waals surface area contributed by atoms with Gasteiger partial charge in [0.15, 0.2) is 0 Å². The molecule has 0 saturated carbocycles. The molecule has 1 fully saturated rings. The number of H-pyrrole nitrogens is 1. The quantitative estimate of drug-likeness (QED) is 0.292. The lowest BCUT2D eigenvalue weighted by atomic mass is 10.0. The second-order valence-corrected chi connectivity index (χ2v) is 10.3. The fourth-order valence-electron chi connectivity index (χ4n) is 4.66. The predicted molar refractivity (Wildman–Crippen MR) is 144 cm³/mol. The van der Waals surface area contributed by atoms with Gasteiger partial charge in [0.25, 0.3) is 0 Å². The zero-order chi connectivity index (χ0) is 26.7. The average molecular weight is 539 g/mol. The number of aromatic amines is 1. The van der Waals surface area contributed by atoms with E-state index >= 15 is 0 Å². The summed E-state index contributed by atoms with van der Waals surface area (Å²) in [5, 5.41) is 3.60. The number of ether oxygens (including phenoxy) is 1. The predicted octanol–water partition coefficient (Wildman–Crippen LogP) is 4.00. The van der Waals surface area contributed by atoms with Crippen molar-refractivity contribution in [3.8, 4) is 0 Å². The van der Waals surface area contributed by atoms with Crippen molar-refractivity contribution in [3.63, 3.8) is 0 Å². The molecule has 0 bridgehead atoms. The zero-order valence-electron chi connectivity index (χ0n) is 20.4. The number of morpholine rings is 1. The van der Waals surface area contributed by atoms with E-state index < -0.39 is 28.1 Å². The van der Waals surface area contributed by atoms with Gasteiger partial charge < -0.3 is 19.9 Å². The van der Waals surface area contributed by atoms with E-state index in [0.29, 0.717) is 28.8 Å². The molecule has 1 saturated heterocycles. The largest absolute Gasteiger partial charge is 0.378 e. The van der Waals surface area contributed by atoms with Crippen LogP contribution in [0, 0.1) is 5.82 Å². The molecule has 0 unspecified atom stereocenters. The molecule has 3 N–H and O–H groups in total. The van der Waals surface area contributed by atoms with Gasteiger partial charge in [-0.1, -0.05) is 18.2 Å². The lowest BCUT2D eigenvalue weighted by Crippen LogP contribution is -2.48. The van der Waals surface area contributed by atoms with Crippen LogP contribution in [-0.4, -0.2) is 56.2 Å². The van der Waals surface area contributed by atoms with Crippen LogP contribution in [0.2, 0.25) is 0 Å². The fraction of sp³-hybridized carbons (Fsp3) is 0.222. The molecule has 0 radical (unpaired) electrons. The van der Waals surface area contributed by atoms with Crippen molar-refractivity contribution in [2.45, 2.75) is 12.5 Å². The number of nitrogens with one attached hydrogen (secondary N) is 2. The molecule has 11 heteroatoms. The Morgan fingerprint density at radius 2 is 1.74 bits per heavy atom. The van der Waals surface area contributed by atoms with E-state index in [1.54, 1.807) is 18.3 Å². The smallest absolute Gasteiger partial charge is 0.360 e. The monoisotopic (exact) mass is 538 g/mol. The molecule has 198 valence electrons. The molecule has 1 aliphatic heterocycles. The maximum Gasteiger partial charge on any atom is 0.360 e. The second kappa shape index (κ2) is 10.8. The number of rotatable bonds is 8. The number of halogens is 1. The summed E-state index contributed by atoms with van der Waals surface area (Å²) in [5.41, 5.74) is 2.90. The van der Waals surface area contributed by atoms with E-state index in [1.165, 1.54) is 12.1 Å². The van der Waals surface area contributed by atoms with Crippen LogP contribution in [0.5, 0.6) is 0 Å². The molecule has 1 amide bonds. The molecule has 1 aliphatic rings. The Bertz CT molecular complexity index is 1520. The summed E-state index contributed by atoms with van der Waals surface area (Å²) in [6, 6.07) is 17.8. The van der Waals surface area contributed by atoms with Crippen LogP contribution in [0.15, 0.2) is 79.0 Å². The molecule has 9 nitrogen and oxygen atoms in total. The molecular formula is C27H27FN4O5S. The number of carbonyl (C=O) groups excluding carboxylic acids is 1. The molecule has 4 aromatic rings. The van der Waals surface area contributed by atoms with Gasteiger partial charge in [0.2, 0.25) is 5.91 Å². The molecule has 1 atom stereocenters. The minimum Gasteiger partial charge on any atom is -0.378 e. The highest BCUT2D eigenvalue weighted by atomic mass is 32.2. The van der Waals surface area contributed by atoms with Gasteiger partial charge in [-0.3, -0.25) is 9.35 Å². The third-order valence-corrected chi connectivity index (χ3v) is 7.48. The standard InChI is InChI=1S/C27H27FN4O5S/c28-20-5-9-23(10-6-20)32(38(34,35)36)26(17-19-18-29-25-4-2-1-3-24(19)25)27(33)30-21-7-11-22(12-8-21)31-13-15-37-16-14-31/h1-12,18,26,29H,13-17H2,(H,30,33)(H,34,35,36)/t26-/m0/s1. The molecule has 0 spiro atoms. The number of aromatic nitrogens is 1. The van der Waals surface area contributed by atoms with Crippen LogP contribution in [0.1, 0.15) is 5.56 Å². The molecule has 0 aliphatic carbocycles. The van der Waals surface area contributed by atoms with Crippen LogP contribution in [0.4, 0.5) is 21.5 Å². The van der Waals surface area contributed by atoms with Gasteiger partial charge in [0, 0.05) is 48.0 Å². The second-order valence-electron chi connectivity index (χ2n) is 8.97. The Morgan fingerprint density at radius 3 is 2.42 bits per heavy atom. The number of amides is 1. The van der Waals surface area contributed by atoms with Gasteiger partial charge >= 0.3 is 10.3 Å². The maximum atomic E-state index is 13.7. The average Bonchev–Trinajstić information content (AvgIpc) is 3.32. The molecule has 1 aromatic heterocycles. The van der Waals surface area contributed by atoms with Crippen molar-refractivity contribution in [3.05, 3.63) is 90.4 Å². The number of hydrogen-bond donors (Lipinski definition) is 3. The SMILES string of the molecule is O=C(Nc1ccc(N2CCOCC2)cc1)[C@H](Cc1c[nH]c2ccccc12)N(c1ccc(F)cc1)S(=O)(=O)O. The van der Waals surface area contributed by atoms with Gasteiger partial charge in [-0.15, -0.1) is 0 Å². The zero-order valence-corrected chi connectivity index (χ0v) is 21.2. The Morgan fingerprint density at radius 1 is 1.05 bits per heavy atom. The first-order valence-corrected chi connectivity index (χ1v) is 13.5. The Kier molecular flexibility index (Phi) is 7.32. The van der Waals surface area contributed by atoms with Gasteiger partial charge in [-0.2, -0.15) is 8.42 Å². The van der Waals surface area contributed by atoms with Crippen molar-refractivity contribution in [2.24, 2.45) is 0 Å². The number of nitrogens with zero attached hydrogens (tertiary/aromatic N) is 2. The van der Waals surface area contributed by atoms with Gasteiger partial charge in [0.05, 0.1) is 18.9 Å². The summed E-state index contributed by atoms with van der Waals surface area (Å²) in [5.74, 6) is -1.24. The first-order chi connectivity index (χ1) is 18.3. The van der Waals surface area contributed by atoms with Crippen LogP contribution < -0.4 is 14.5 Å². The van der Waals surface area contributed by atoms with E-state index in [9.17, 15) is 22.2 Å². The topological polar surface area (TPSA) is 115 Å². The highest BCUT2D eigenvalue weighted by Gasteiger charge is 2.35. The van der Waals surface area contributed by atoms with E-state index in [0.717, 1.165) is 41.8 Å². The lowest BCUT2D eigenvalue weighted by Gasteiger charge is -2.30. The number of benzene rings is 3. The summed E-state index contributed by atoms with van der Waals surface area (Å²) in [6.07, 6.45) is 1.65. The lowest BCUT2D eigenvalue weighted by molar-refractivity contribution is -0.117. The van der Waals surface area contributed by atoms with Gasteiger partial charge in [-0.25, -0.2) is 8.70 Å². The van der Waals surface area contributed by atoms with Crippen molar-refractivity contribution >= 4 is 44.2 Å². The maximum absolute atomic E-state index is 13.7. The fourth-order valence-corrected chi connectivity index (χ4v) is 5.54. The number of fused-ring (bicyclic) bond motifs is 1. The van der Waals surface area contributed by atoms with Crippen molar-refractivity contribution in [1.29, 1.82) is 0 Å². The first-order valence-electron chi connectivity index (χ1n) is 12.1. The third kappa shape index (κ3) is 5.64. The molecule has 2 heterocycles. The molecule has 5 rings (SSSR count). The van der Waals surface area contributed by atoms with Crippen molar-refractivity contribution in [1.82, 2.24) is 4.98 Å². The minimum atomic E-state index is -4.92. The van der Waals surface area contributed by atoms with E-state index in [1.807, 2.05) is 36.4 Å². The van der Waals surface area contributed by atoms with Crippen LogP contribution in [0.3, 0.4) is 0 Å². The van der Waals surface area contributed by atoms with Crippen LogP contribution in [-0.2, 0) is 26.3 Å². The first kappa shape index (κ1) is 25.7. The number of para-hydroxylation sites is 1. The minimum absolute atomic E-state index is 0.0449. The summed E-state index contributed by atoms with van der Waals surface area (Å²) in [6.45, 7) is 2.81. The van der Waals surface area contributed by atoms with E-state index in [-0.39, 0.29) is 12.1 Å². The van der Waals surface area contributed by atoms with Crippen LogP contribution in [0.25, 0.3) is 10.9 Å². The highest BCUT2D eigenvalue weighted by Crippen LogP contribution is 2.27. The van der Waals surface area contributed by atoms with E-state index in [2.05, 4.69) is 15.2 Å². The highest BCUT2D eigenvalue weighted by molar-refractivity contribution is 7.87. The normalized spacial score (nSPS) is 14.8. The molecule has 38 heavy (non-hydrogen) atoms. The van der Waals surface area contributed by atoms with Gasteiger partial charge in [-0.05, 0) is 60.2 Å². The summed E-state index contributed by atoms with van der Waals surface area (Å²) in [4.78, 5) is 18.9.